The number of imidazole rings is 1. The van der Waals surface area contributed by atoms with Crippen LogP contribution in [0.1, 0.15) is 28.6 Å². The van der Waals surface area contributed by atoms with Crippen molar-refractivity contribution in [3.8, 4) is 0 Å². The highest BCUT2D eigenvalue weighted by Crippen LogP contribution is 2.17. The lowest BCUT2D eigenvalue weighted by Crippen LogP contribution is -2.31. The minimum absolute atomic E-state index is 0.0526. The molecule has 0 aliphatic rings. The molecule has 0 saturated heterocycles. The minimum atomic E-state index is -0.0737. The third kappa shape index (κ3) is 4.29. The van der Waals surface area contributed by atoms with Crippen molar-refractivity contribution in [2.45, 2.75) is 32.4 Å². The van der Waals surface area contributed by atoms with Gasteiger partial charge in [-0.25, -0.2) is 9.97 Å². The lowest BCUT2D eigenvalue weighted by Gasteiger charge is -2.20. The smallest absolute Gasteiger partial charge is 0.220 e. The van der Waals surface area contributed by atoms with Crippen LogP contribution in [-0.2, 0) is 17.8 Å². The number of nitrogens with zero attached hydrogens (tertiary/aromatic N) is 3. The Balaban J connectivity index is 1.64. The van der Waals surface area contributed by atoms with Gasteiger partial charge in [0.05, 0.1) is 23.6 Å². The van der Waals surface area contributed by atoms with Gasteiger partial charge in [-0.2, -0.15) is 0 Å². The first-order valence-corrected chi connectivity index (χ1v) is 8.79. The molecule has 0 bridgehead atoms. The van der Waals surface area contributed by atoms with Gasteiger partial charge in [-0.15, -0.1) is 11.3 Å². The molecule has 0 fully saturated rings. The van der Waals surface area contributed by atoms with Crippen LogP contribution in [0.5, 0.6) is 0 Å². The van der Waals surface area contributed by atoms with Crippen molar-refractivity contribution < 1.29 is 4.79 Å². The molecule has 124 valence electrons. The molecule has 1 amide bonds. The van der Waals surface area contributed by atoms with E-state index in [0.29, 0.717) is 13.0 Å². The molecule has 2 aromatic heterocycles. The third-order valence-electron chi connectivity index (χ3n) is 3.91. The number of benzene rings is 1. The van der Waals surface area contributed by atoms with E-state index in [1.807, 2.05) is 53.5 Å². The maximum atomic E-state index is 12.4. The molecule has 2 heterocycles. The zero-order valence-electron chi connectivity index (χ0n) is 13.6. The standard InChI is InChI=1S/C18H20N4OS/c1-14-17(24-13-20-14)7-8-18(23)21-16(11-22-10-9-19-12-22)15-5-3-2-4-6-15/h2-6,9-10,12-13,16H,7-8,11H2,1H3,(H,21,23)/t16-/m1/s1. The van der Waals surface area contributed by atoms with E-state index < -0.39 is 0 Å². The van der Waals surface area contributed by atoms with Gasteiger partial charge in [0.25, 0.3) is 0 Å². The average molecular weight is 340 g/mol. The fourth-order valence-electron chi connectivity index (χ4n) is 2.58. The van der Waals surface area contributed by atoms with E-state index >= 15 is 0 Å². The summed E-state index contributed by atoms with van der Waals surface area (Å²) in [6, 6.07) is 9.96. The van der Waals surface area contributed by atoms with Crippen molar-refractivity contribution in [3.63, 3.8) is 0 Å². The van der Waals surface area contributed by atoms with E-state index in [1.54, 1.807) is 23.9 Å². The summed E-state index contributed by atoms with van der Waals surface area (Å²) in [5.41, 5.74) is 3.94. The number of aryl methyl sites for hydroxylation is 2. The SMILES string of the molecule is Cc1ncsc1CCC(=O)N[C@H](Cn1ccnc1)c1ccccc1. The van der Waals surface area contributed by atoms with Crippen LogP contribution in [-0.4, -0.2) is 20.4 Å². The van der Waals surface area contributed by atoms with Gasteiger partial charge in [-0.05, 0) is 18.9 Å². The lowest BCUT2D eigenvalue weighted by molar-refractivity contribution is -0.121. The molecule has 3 aromatic rings. The Morgan fingerprint density at radius 2 is 2.17 bits per heavy atom. The summed E-state index contributed by atoms with van der Waals surface area (Å²) >= 11 is 1.61. The Bertz CT molecular complexity index is 767. The van der Waals surface area contributed by atoms with Crippen LogP contribution < -0.4 is 5.32 Å². The van der Waals surface area contributed by atoms with E-state index in [0.717, 1.165) is 17.7 Å². The average Bonchev–Trinajstić information content (AvgIpc) is 3.25. The highest BCUT2D eigenvalue weighted by Gasteiger charge is 2.15. The van der Waals surface area contributed by atoms with Crippen molar-refractivity contribution >= 4 is 17.2 Å². The fourth-order valence-corrected chi connectivity index (χ4v) is 3.37. The minimum Gasteiger partial charge on any atom is -0.347 e. The largest absolute Gasteiger partial charge is 0.347 e. The number of hydrogen-bond donors (Lipinski definition) is 1. The number of carbonyl (C=O) groups is 1. The Morgan fingerprint density at radius 1 is 1.33 bits per heavy atom. The van der Waals surface area contributed by atoms with E-state index in [2.05, 4.69) is 15.3 Å². The number of amides is 1. The molecule has 0 aliphatic heterocycles. The molecular formula is C18H20N4OS. The number of rotatable bonds is 7. The molecule has 0 unspecified atom stereocenters. The number of carbonyl (C=O) groups excluding carboxylic acids is 1. The van der Waals surface area contributed by atoms with Crippen molar-refractivity contribution in [1.29, 1.82) is 0 Å². The van der Waals surface area contributed by atoms with Crippen LogP contribution >= 0.6 is 11.3 Å². The summed E-state index contributed by atoms with van der Waals surface area (Å²) in [7, 11) is 0. The van der Waals surface area contributed by atoms with Gasteiger partial charge in [0.15, 0.2) is 0 Å². The quantitative estimate of drug-likeness (QED) is 0.719. The van der Waals surface area contributed by atoms with Crippen LogP contribution in [0.4, 0.5) is 0 Å². The highest BCUT2D eigenvalue weighted by atomic mass is 32.1. The Labute approximate surface area is 145 Å². The summed E-state index contributed by atoms with van der Waals surface area (Å²) in [6.45, 7) is 2.64. The summed E-state index contributed by atoms with van der Waals surface area (Å²) < 4.78 is 1.98. The Hall–Kier alpha value is -2.47. The normalized spacial score (nSPS) is 12.0. The Morgan fingerprint density at radius 3 is 2.83 bits per heavy atom. The van der Waals surface area contributed by atoms with Gasteiger partial charge in [0.1, 0.15) is 0 Å². The van der Waals surface area contributed by atoms with Gasteiger partial charge < -0.3 is 9.88 Å². The molecule has 1 aromatic carbocycles. The zero-order valence-corrected chi connectivity index (χ0v) is 14.4. The monoisotopic (exact) mass is 340 g/mol. The number of aromatic nitrogens is 3. The van der Waals surface area contributed by atoms with Gasteiger partial charge in [0, 0.05) is 30.2 Å². The van der Waals surface area contributed by atoms with Crippen molar-refractivity contribution in [3.05, 3.63) is 70.7 Å². The van der Waals surface area contributed by atoms with Crippen LogP contribution in [0.3, 0.4) is 0 Å². The first-order chi connectivity index (χ1) is 11.7. The molecule has 0 radical (unpaired) electrons. The molecule has 0 saturated carbocycles. The molecule has 3 rings (SSSR count). The van der Waals surface area contributed by atoms with Crippen molar-refractivity contribution in [1.82, 2.24) is 19.9 Å². The van der Waals surface area contributed by atoms with Gasteiger partial charge >= 0.3 is 0 Å². The number of thiazole rings is 1. The maximum absolute atomic E-state index is 12.4. The molecule has 1 atom stereocenters. The zero-order chi connectivity index (χ0) is 16.8. The molecule has 6 heteroatoms. The fraction of sp³-hybridized carbons (Fsp3) is 0.278. The second kappa shape index (κ2) is 7.88. The van der Waals surface area contributed by atoms with E-state index in [9.17, 15) is 4.79 Å². The van der Waals surface area contributed by atoms with Crippen LogP contribution in [0.2, 0.25) is 0 Å². The first-order valence-electron chi connectivity index (χ1n) is 7.91. The second-order valence-corrected chi connectivity index (χ2v) is 6.59. The molecular weight excluding hydrogens is 320 g/mol. The maximum Gasteiger partial charge on any atom is 0.220 e. The molecule has 1 N–H and O–H groups in total. The lowest BCUT2D eigenvalue weighted by atomic mass is 10.1. The summed E-state index contributed by atoms with van der Waals surface area (Å²) in [4.78, 5) is 21.9. The van der Waals surface area contributed by atoms with Crippen molar-refractivity contribution in [2.24, 2.45) is 0 Å². The Kier molecular flexibility index (Phi) is 5.38. The molecule has 5 nitrogen and oxygen atoms in total. The summed E-state index contributed by atoms with van der Waals surface area (Å²) in [6.07, 6.45) is 6.62. The summed E-state index contributed by atoms with van der Waals surface area (Å²) in [5, 5.41) is 3.15. The second-order valence-electron chi connectivity index (χ2n) is 5.65. The van der Waals surface area contributed by atoms with Gasteiger partial charge in [-0.1, -0.05) is 30.3 Å². The predicted octanol–water partition coefficient (Wildman–Crippen LogP) is 3.14. The molecule has 0 spiro atoms. The van der Waals surface area contributed by atoms with Crippen LogP contribution in [0.15, 0.2) is 54.6 Å². The number of nitrogens with one attached hydrogen (secondary N) is 1. The number of hydrogen-bond acceptors (Lipinski definition) is 4. The van der Waals surface area contributed by atoms with E-state index in [1.165, 1.54) is 4.88 Å². The molecule has 24 heavy (non-hydrogen) atoms. The van der Waals surface area contributed by atoms with Crippen molar-refractivity contribution in [2.75, 3.05) is 0 Å². The van der Waals surface area contributed by atoms with Crippen LogP contribution in [0, 0.1) is 6.92 Å². The molecule has 0 aliphatic carbocycles. The third-order valence-corrected chi connectivity index (χ3v) is 4.91. The predicted molar refractivity (Wildman–Crippen MR) is 94.7 cm³/mol. The topological polar surface area (TPSA) is 59.8 Å². The van der Waals surface area contributed by atoms with E-state index in [-0.39, 0.29) is 11.9 Å². The van der Waals surface area contributed by atoms with Gasteiger partial charge in [-0.3, -0.25) is 4.79 Å². The first kappa shape index (κ1) is 16.4. The van der Waals surface area contributed by atoms with E-state index in [4.69, 9.17) is 0 Å². The summed E-state index contributed by atoms with van der Waals surface area (Å²) in [5.74, 6) is 0.0526. The van der Waals surface area contributed by atoms with Crippen LogP contribution in [0.25, 0.3) is 0 Å². The highest BCUT2D eigenvalue weighted by molar-refractivity contribution is 7.09. The van der Waals surface area contributed by atoms with Gasteiger partial charge in [0.2, 0.25) is 5.91 Å².